The van der Waals surface area contributed by atoms with Crippen molar-refractivity contribution in [2.24, 2.45) is 11.1 Å². The van der Waals surface area contributed by atoms with Gasteiger partial charge in [-0.15, -0.1) is 0 Å². The van der Waals surface area contributed by atoms with Crippen molar-refractivity contribution in [3.8, 4) is 0 Å². The first-order chi connectivity index (χ1) is 7.31. The number of amides is 1. The Morgan fingerprint density at radius 1 is 1.44 bits per heavy atom. The summed E-state index contributed by atoms with van der Waals surface area (Å²) in [4.78, 5) is 18.7. The second-order valence-electron chi connectivity index (χ2n) is 4.14. The summed E-state index contributed by atoms with van der Waals surface area (Å²) in [6.07, 6.45) is 0. The molecule has 7 N–H and O–H groups in total. The predicted octanol–water partition coefficient (Wildman–Crippen LogP) is -0.436. The minimum atomic E-state index is -0.672. The number of carbonyl (C=O) groups is 1. The summed E-state index contributed by atoms with van der Waals surface area (Å²) < 4.78 is 0. The van der Waals surface area contributed by atoms with Crippen LogP contribution in [0.3, 0.4) is 0 Å². The van der Waals surface area contributed by atoms with Gasteiger partial charge in [-0.25, -0.2) is 0 Å². The van der Waals surface area contributed by atoms with Gasteiger partial charge in [0.1, 0.15) is 11.6 Å². The number of nitrogen functional groups attached to an aromatic ring is 2. The van der Waals surface area contributed by atoms with Crippen LogP contribution in [0.2, 0.25) is 0 Å². The molecule has 0 aliphatic carbocycles. The molecule has 0 atom stereocenters. The molecule has 0 saturated carbocycles. The minimum Gasteiger partial charge on any atom is -0.383 e. The Hall–Kier alpha value is -2.05. The van der Waals surface area contributed by atoms with E-state index in [0.717, 1.165) is 0 Å². The number of primary amides is 1. The van der Waals surface area contributed by atoms with Crippen molar-refractivity contribution in [1.29, 1.82) is 0 Å². The highest BCUT2D eigenvalue weighted by Gasteiger charge is 2.24. The maximum absolute atomic E-state index is 11.1. The second-order valence-corrected chi connectivity index (χ2v) is 4.14. The highest BCUT2D eigenvalue weighted by molar-refractivity contribution is 5.80. The fourth-order valence-electron chi connectivity index (χ4n) is 0.975. The van der Waals surface area contributed by atoms with Crippen molar-refractivity contribution in [2.75, 3.05) is 23.3 Å². The Labute approximate surface area is 93.4 Å². The molecule has 7 nitrogen and oxygen atoms in total. The number of nitrogens with zero attached hydrogens (tertiary/aromatic N) is 2. The van der Waals surface area contributed by atoms with Crippen molar-refractivity contribution in [3.05, 3.63) is 6.07 Å². The first-order valence-electron chi connectivity index (χ1n) is 4.75. The molecule has 0 unspecified atom stereocenters. The zero-order valence-electron chi connectivity index (χ0n) is 9.32. The molecule has 0 spiro atoms. The average molecular weight is 224 g/mol. The van der Waals surface area contributed by atoms with E-state index in [4.69, 9.17) is 17.2 Å². The van der Waals surface area contributed by atoms with E-state index in [9.17, 15) is 4.79 Å². The molecule has 16 heavy (non-hydrogen) atoms. The molecule has 1 heterocycles. The first-order valence-corrected chi connectivity index (χ1v) is 4.75. The van der Waals surface area contributed by atoms with Crippen molar-refractivity contribution >= 4 is 23.5 Å². The van der Waals surface area contributed by atoms with Gasteiger partial charge < -0.3 is 22.5 Å². The molecule has 0 aliphatic rings. The summed E-state index contributed by atoms with van der Waals surface area (Å²) in [5.41, 5.74) is 15.5. The van der Waals surface area contributed by atoms with Gasteiger partial charge in [-0.1, -0.05) is 0 Å². The molecule has 88 valence electrons. The van der Waals surface area contributed by atoms with Gasteiger partial charge in [0.15, 0.2) is 0 Å². The Balaban J connectivity index is 2.71. The summed E-state index contributed by atoms with van der Waals surface area (Å²) in [5, 5.41) is 2.94. The molecule has 0 saturated heterocycles. The van der Waals surface area contributed by atoms with Gasteiger partial charge in [-0.05, 0) is 13.8 Å². The van der Waals surface area contributed by atoms with E-state index < -0.39 is 11.3 Å². The van der Waals surface area contributed by atoms with Gasteiger partial charge in [-0.3, -0.25) is 4.79 Å². The smallest absolute Gasteiger partial charge is 0.224 e. The van der Waals surface area contributed by atoms with Crippen molar-refractivity contribution < 1.29 is 4.79 Å². The predicted molar refractivity (Wildman–Crippen MR) is 62.3 cm³/mol. The zero-order valence-corrected chi connectivity index (χ0v) is 9.32. The number of rotatable bonds is 4. The summed E-state index contributed by atoms with van der Waals surface area (Å²) >= 11 is 0. The third-order valence-electron chi connectivity index (χ3n) is 2.14. The highest BCUT2D eigenvalue weighted by atomic mass is 16.1. The van der Waals surface area contributed by atoms with Crippen LogP contribution in [-0.4, -0.2) is 22.4 Å². The van der Waals surface area contributed by atoms with E-state index in [2.05, 4.69) is 15.3 Å². The molecule has 0 radical (unpaired) electrons. The number of nitrogens with two attached hydrogens (primary N) is 3. The van der Waals surface area contributed by atoms with Gasteiger partial charge >= 0.3 is 0 Å². The summed E-state index contributed by atoms with van der Waals surface area (Å²) in [6.45, 7) is 3.81. The van der Waals surface area contributed by atoms with Crippen molar-refractivity contribution in [1.82, 2.24) is 9.97 Å². The molecular weight excluding hydrogens is 208 g/mol. The van der Waals surface area contributed by atoms with Crippen LogP contribution in [0.15, 0.2) is 6.07 Å². The van der Waals surface area contributed by atoms with Gasteiger partial charge in [-0.2, -0.15) is 9.97 Å². The lowest BCUT2D eigenvalue weighted by atomic mass is 9.93. The number of hydrogen-bond acceptors (Lipinski definition) is 6. The van der Waals surface area contributed by atoms with E-state index in [0.29, 0.717) is 12.4 Å². The fourth-order valence-corrected chi connectivity index (χ4v) is 0.975. The molecule has 0 aromatic carbocycles. The maximum Gasteiger partial charge on any atom is 0.224 e. The topological polar surface area (TPSA) is 133 Å². The molecule has 1 amide bonds. The van der Waals surface area contributed by atoms with Crippen LogP contribution in [0, 0.1) is 5.41 Å². The monoisotopic (exact) mass is 224 g/mol. The quantitative estimate of drug-likeness (QED) is 0.548. The fraction of sp³-hybridized carbons (Fsp3) is 0.444. The van der Waals surface area contributed by atoms with E-state index in [1.54, 1.807) is 13.8 Å². The maximum atomic E-state index is 11.1. The lowest BCUT2D eigenvalue weighted by Gasteiger charge is -2.21. The number of carbonyl (C=O) groups excluding carboxylic acids is 1. The normalized spacial score (nSPS) is 11.1. The lowest BCUT2D eigenvalue weighted by molar-refractivity contribution is -0.125. The number of hydrogen-bond donors (Lipinski definition) is 4. The molecule has 1 rings (SSSR count). The second kappa shape index (κ2) is 4.21. The van der Waals surface area contributed by atoms with Crippen LogP contribution in [0.4, 0.5) is 17.6 Å². The van der Waals surface area contributed by atoms with Crippen molar-refractivity contribution in [2.45, 2.75) is 13.8 Å². The Morgan fingerprint density at radius 3 is 2.56 bits per heavy atom. The van der Waals surface area contributed by atoms with Crippen LogP contribution in [0.5, 0.6) is 0 Å². The number of nitrogens with one attached hydrogen (secondary N) is 1. The zero-order chi connectivity index (χ0) is 12.3. The molecule has 0 aliphatic heterocycles. The number of aromatic nitrogens is 2. The molecule has 0 fully saturated rings. The SMILES string of the molecule is CC(C)(CNc1cc(N)nc(N)n1)C(N)=O. The highest BCUT2D eigenvalue weighted by Crippen LogP contribution is 2.16. The molecule has 0 bridgehead atoms. The van der Waals surface area contributed by atoms with E-state index >= 15 is 0 Å². The van der Waals surface area contributed by atoms with Gasteiger partial charge in [0.2, 0.25) is 11.9 Å². The van der Waals surface area contributed by atoms with Crippen molar-refractivity contribution in [3.63, 3.8) is 0 Å². The first kappa shape index (κ1) is 12.0. The Morgan fingerprint density at radius 2 is 2.06 bits per heavy atom. The van der Waals surface area contributed by atoms with E-state index in [1.165, 1.54) is 6.07 Å². The van der Waals surface area contributed by atoms with E-state index in [1.807, 2.05) is 0 Å². The molecule has 1 aromatic heterocycles. The summed E-state index contributed by atoms with van der Waals surface area (Å²) in [7, 11) is 0. The summed E-state index contributed by atoms with van der Waals surface area (Å²) in [6, 6.07) is 1.54. The van der Waals surface area contributed by atoms with Gasteiger partial charge in [0.25, 0.3) is 0 Å². The van der Waals surface area contributed by atoms with E-state index in [-0.39, 0.29) is 11.8 Å². The van der Waals surface area contributed by atoms with Gasteiger partial charge in [0, 0.05) is 12.6 Å². The van der Waals surface area contributed by atoms with Crippen LogP contribution in [-0.2, 0) is 4.79 Å². The van der Waals surface area contributed by atoms with Crippen LogP contribution in [0.25, 0.3) is 0 Å². The molecule has 7 heteroatoms. The van der Waals surface area contributed by atoms with Crippen LogP contribution >= 0.6 is 0 Å². The number of anilines is 3. The average Bonchev–Trinajstić information content (AvgIpc) is 2.13. The van der Waals surface area contributed by atoms with Gasteiger partial charge in [0.05, 0.1) is 5.41 Å². The standard InChI is InChI=1S/C9H16N6O/c1-9(2,7(11)16)4-13-6-3-5(10)14-8(12)15-6/h3H,4H2,1-2H3,(H2,11,16)(H5,10,12,13,14,15). The summed E-state index contributed by atoms with van der Waals surface area (Å²) in [5.74, 6) is 0.431. The van der Waals surface area contributed by atoms with Crippen LogP contribution in [0.1, 0.15) is 13.8 Å². The van der Waals surface area contributed by atoms with Crippen LogP contribution < -0.4 is 22.5 Å². The molecular formula is C9H16N6O. The lowest BCUT2D eigenvalue weighted by Crippen LogP contribution is -2.37. The Bertz CT molecular complexity index is 383. The minimum absolute atomic E-state index is 0.0828. The molecule has 1 aromatic rings. The third-order valence-corrected chi connectivity index (χ3v) is 2.14. The Kier molecular flexibility index (Phi) is 3.17. The third kappa shape index (κ3) is 2.97. The largest absolute Gasteiger partial charge is 0.383 e.